The van der Waals surface area contributed by atoms with Gasteiger partial charge in [0.25, 0.3) is 5.91 Å². The van der Waals surface area contributed by atoms with Gasteiger partial charge in [-0.3, -0.25) is 4.79 Å². The van der Waals surface area contributed by atoms with E-state index in [1.165, 1.54) is 23.5 Å². The average molecular weight is 457 g/mol. The highest BCUT2D eigenvalue weighted by molar-refractivity contribution is 9.11. The number of hydrazone groups is 1. The van der Waals surface area contributed by atoms with Crippen molar-refractivity contribution < 1.29 is 9.53 Å². The summed E-state index contributed by atoms with van der Waals surface area (Å²) in [6, 6.07) is 6.73. The van der Waals surface area contributed by atoms with Crippen LogP contribution in [-0.2, 0) is 4.79 Å². The molecule has 0 unspecified atom stereocenters. The normalized spacial score (nSPS) is 11.4. The number of halogens is 4. The van der Waals surface area contributed by atoms with Crippen LogP contribution in [0.1, 0.15) is 11.8 Å². The third-order valence-electron chi connectivity index (χ3n) is 2.61. The van der Waals surface area contributed by atoms with Crippen molar-refractivity contribution in [3.63, 3.8) is 0 Å². The molecule has 122 valence electrons. The highest BCUT2D eigenvalue weighted by Gasteiger charge is 2.09. The van der Waals surface area contributed by atoms with Gasteiger partial charge in [-0.05, 0) is 41.1 Å². The zero-order chi connectivity index (χ0) is 17.0. The van der Waals surface area contributed by atoms with E-state index in [-0.39, 0.29) is 17.4 Å². The van der Waals surface area contributed by atoms with Gasteiger partial charge in [0.1, 0.15) is 5.75 Å². The molecule has 4 nitrogen and oxygen atoms in total. The Hall–Kier alpha value is -0.790. The predicted molar refractivity (Wildman–Crippen MR) is 99.3 cm³/mol. The molecule has 9 heteroatoms. The zero-order valence-corrected chi connectivity index (χ0v) is 16.4. The molecule has 0 bridgehead atoms. The van der Waals surface area contributed by atoms with Crippen molar-refractivity contribution in [1.82, 2.24) is 5.43 Å². The minimum absolute atomic E-state index is 0.247. The summed E-state index contributed by atoms with van der Waals surface area (Å²) in [5.74, 6) is -0.138. The molecule has 0 spiro atoms. The Labute approximate surface area is 160 Å². The third kappa shape index (κ3) is 5.36. The summed E-state index contributed by atoms with van der Waals surface area (Å²) in [6.07, 6.45) is 0. The second kappa shape index (κ2) is 8.35. The van der Waals surface area contributed by atoms with Gasteiger partial charge in [0, 0.05) is 6.07 Å². The van der Waals surface area contributed by atoms with E-state index >= 15 is 0 Å². The second-order valence-corrected chi connectivity index (χ2v) is 8.01. The standard InChI is InChI=1S/C14H10BrCl3N2O2S/c1-7(12-2-3-13(15)23-12)19-20-14(21)6-22-11-5-9(17)8(16)4-10(11)18/h2-5H,6H2,1H3,(H,20,21)/b19-7+. The fourth-order valence-corrected chi connectivity index (χ4v) is 3.42. The molecule has 0 atom stereocenters. The van der Waals surface area contributed by atoms with Crippen molar-refractivity contribution in [2.75, 3.05) is 6.61 Å². The van der Waals surface area contributed by atoms with Crippen molar-refractivity contribution in [3.8, 4) is 5.75 Å². The number of benzene rings is 1. The summed E-state index contributed by atoms with van der Waals surface area (Å²) in [7, 11) is 0. The Morgan fingerprint density at radius 3 is 2.61 bits per heavy atom. The number of amides is 1. The third-order valence-corrected chi connectivity index (χ3v) is 5.36. The molecular weight excluding hydrogens is 446 g/mol. The minimum atomic E-state index is -0.415. The maximum Gasteiger partial charge on any atom is 0.277 e. The van der Waals surface area contributed by atoms with Gasteiger partial charge in [-0.1, -0.05) is 34.8 Å². The van der Waals surface area contributed by atoms with Crippen LogP contribution in [0.15, 0.2) is 33.2 Å². The number of nitrogens with zero attached hydrogens (tertiary/aromatic N) is 1. The SMILES string of the molecule is C/C(=N\NC(=O)COc1cc(Cl)c(Cl)cc1Cl)c1ccc(Br)s1. The van der Waals surface area contributed by atoms with E-state index in [1.54, 1.807) is 6.92 Å². The maximum absolute atomic E-state index is 11.8. The number of carbonyl (C=O) groups excluding carboxylic acids is 1. The van der Waals surface area contributed by atoms with Crippen molar-refractivity contribution in [3.05, 3.63) is 48.0 Å². The fraction of sp³-hybridized carbons (Fsp3) is 0.143. The molecule has 0 radical (unpaired) electrons. The number of hydrogen-bond donors (Lipinski definition) is 1. The highest BCUT2D eigenvalue weighted by Crippen LogP contribution is 2.33. The molecule has 0 saturated heterocycles. The molecule has 0 aliphatic carbocycles. The first kappa shape index (κ1) is 18.5. The first-order valence-electron chi connectivity index (χ1n) is 6.23. The summed E-state index contributed by atoms with van der Waals surface area (Å²) in [4.78, 5) is 12.7. The summed E-state index contributed by atoms with van der Waals surface area (Å²) in [5.41, 5.74) is 3.12. The number of hydrogen-bond acceptors (Lipinski definition) is 4. The average Bonchev–Trinajstić information content (AvgIpc) is 2.93. The smallest absolute Gasteiger partial charge is 0.277 e. The van der Waals surface area contributed by atoms with Gasteiger partial charge >= 0.3 is 0 Å². The number of ether oxygens (including phenoxy) is 1. The van der Waals surface area contributed by atoms with Crippen LogP contribution in [0.4, 0.5) is 0 Å². The quantitative estimate of drug-likeness (QED) is 0.373. The van der Waals surface area contributed by atoms with Crippen LogP contribution in [0.25, 0.3) is 0 Å². The first-order valence-corrected chi connectivity index (χ1v) is 8.97. The van der Waals surface area contributed by atoms with Crippen molar-refractivity contribution in [2.24, 2.45) is 5.10 Å². The Morgan fingerprint density at radius 2 is 1.96 bits per heavy atom. The van der Waals surface area contributed by atoms with Gasteiger partial charge in [-0.2, -0.15) is 5.10 Å². The number of nitrogens with one attached hydrogen (secondary N) is 1. The predicted octanol–water partition coefficient (Wildman–Crippen LogP) is 5.39. The number of carbonyl (C=O) groups is 1. The molecule has 2 rings (SSSR count). The van der Waals surface area contributed by atoms with Crippen LogP contribution in [0.5, 0.6) is 5.75 Å². The molecule has 23 heavy (non-hydrogen) atoms. The van der Waals surface area contributed by atoms with Crippen LogP contribution in [0.2, 0.25) is 15.1 Å². The molecule has 2 aromatic rings. The Balaban J connectivity index is 1.92. The van der Waals surface area contributed by atoms with E-state index in [0.717, 1.165) is 8.66 Å². The largest absolute Gasteiger partial charge is 0.482 e. The van der Waals surface area contributed by atoms with Gasteiger partial charge in [-0.15, -0.1) is 11.3 Å². The van der Waals surface area contributed by atoms with Crippen LogP contribution in [0, 0.1) is 0 Å². The number of thiophene rings is 1. The van der Waals surface area contributed by atoms with Gasteiger partial charge in [0.15, 0.2) is 6.61 Å². The Morgan fingerprint density at radius 1 is 1.26 bits per heavy atom. The molecule has 1 amide bonds. The zero-order valence-electron chi connectivity index (χ0n) is 11.7. The summed E-state index contributed by atoms with van der Waals surface area (Å²) in [6.45, 7) is 1.55. The molecule has 0 fully saturated rings. The molecule has 0 aliphatic rings. The lowest BCUT2D eigenvalue weighted by molar-refractivity contribution is -0.123. The van der Waals surface area contributed by atoms with E-state index in [9.17, 15) is 4.79 Å². The molecule has 1 aromatic carbocycles. The van der Waals surface area contributed by atoms with Crippen LogP contribution < -0.4 is 10.2 Å². The Bertz CT molecular complexity index is 764. The summed E-state index contributed by atoms with van der Waals surface area (Å²) >= 11 is 22.6. The van der Waals surface area contributed by atoms with Crippen molar-refractivity contribution >= 4 is 73.7 Å². The van der Waals surface area contributed by atoms with Crippen molar-refractivity contribution in [2.45, 2.75) is 6.92 Å². The van der Waals surface area contributed by atoms with E-state index in [2.05, 4.69) is 26.5 Å². The lowest BCUT2D eigenvalue weighted by atomic mass is 10.3. The lowest BCUT2D eigenvalue weighted by Crippen LogP contribution is -2.25. The minimum Gasteiger partial charge on any atom is -0.482 e. The summed E-state index contributed by atoms with van der Waals surface area (Å²) in [5, 5.41) is 4.90. The van der Waals surface area contributed by atoms with Gasteiger partial charge in [0.05, 0.1) is 29.4 Å². The lowest BCUT2D eigenvalue weighted by Gasteiger charge is -2.08. The fourth-order valence-electron chi connectivity index (χ4n) is 1.50. The molecule has 1 aromatic heterocycles. The van der Waals surface area contributed by atoms with Crippen molar-refractivity contribution in [1.29, 1.82) is 0 Å². The molecule has 0 saturated carbocycles. The van der Waals surface area contributed by atoms with E-state index in [4.69, 9.17) is 39.5 Å². The van der Waals surface area contributed by atoms with Gasteiger partial charge in [0.2, 0.25) is 0 Å². The number of rotatable bonds is 5. The van der Waals surface area contributed by atoms with E-state index in [1.807, 2.05) is 12.1 Å². The van der Waals surface area contributed by atoms with Gasteiger partial charge < -0.3 is 4.74 Å². The highest BCUT2D eigenvalue weighted by atomic mass is 79.9. The Kier molecular flexibility index (Phi) is 6.73. The topological polar surface area (TPSA) is 50.7 Å². The second-order valence-electron chi connectivity index (χ2n) is 4.32. The molecular formula is C14H10BrCl3N2O2S. The first-order chi connectivity index (χ1) is 10.9. The van der Waals surface area contributed by atoms with Crippen LogP contribution >= 0.6 is 62.1 Å². The monoisotopic (exact) mass is 454 g/mol. The van der Waals surface area contributed by atoms with E-state index < -0.39 is 5.91 Å². The van der Waals surface area contributed by atoms with Crippen LogP contribution in [-0.4, -0.2) is 18.2 Å². The molecule has 1 heterocycles. The molecule has 1 N–H and O–H groups in total. The van der Waals surface area contributed by atoms with E-state index in [0.29, 0.717) is 15.8 Å². The maximum atomic E-state index is 11.8. The molecule has 0 aliphatic heterocycles. The summed E-state index contributed by atoms with van der Waals surface area (Å²) < 4.78 is 6.31. The van der Waals surface area contributed by atoms with Gasteiger partial charge in [-0.25, -0.2) is 5.43 Å². The van der Waals surface area contributed by atoms with Crippen LogP contribution in [0.3, 0.4) is 0 Å².